The Morgan fingerprint density at radius 2 is 2.20 bits per heavy atom. The van der Waals surface area contributed by atoms with Crippen molar-refractivity contribution in [1.82, 2.24) is 9.78 Å². The lowest BCUT2D eigenvalue weighted by Crippen LogP contribution is -2.09. The average molecular weight is 256 g/mol. The molecule has 1 aromatic rings. The minimum atomic E-state index is 0. The van der Waals surface area contributed by atoms with Crippen molar-refractivity contribution in [1.29, 1.82) is 0 Å². The van der Waals surface area contributed by atoms with Crippen LogP contribution in [0.3, 0.4) is 0 Å². The predicted octanol–water partition coefficient (Wildman–Crippen LogP) is 1.26. The molecule has 0 radical (unpaired) electrons. The monoisotopic (exact) mass is 255 g/mol. The first kappa shape index (κ1) is 17.1. The molecule has 0 aliphatic carbocycles. The SMILES string of the molecule is COCCCc1cnn(CCN)c1.Cl.Cl. The highest BCUT2D eigenvalue weighted by atomic mass is 35.5. The van der Waals surface area contributed by atoms with Crippen LogP contribution in [0.5, 0.6) is 0 Å². The van der Waals surface area contributed by atoms with Gasteiger partial charge in [-0.2, -0.15) is 5.10 Å². The van der Waals surface area contributed by atoms with E-state index in [9.17, 15) is 0 Å². The van der Waals surface area contributed by atoms with E-state index < -0.39 is 0 Å². The fourth-order valence-electron chi connectivity index (χ4n) is 1.21. The molecule has 0 amide bonds. The van der Waals surface area contributed by atoms with Crippen LogP contribution in [0, 0.1) is 0 Å². The largest absolute Gasteiger partial charge is 0.385 e. The Morgan fingerprint density at radius 3 is 2.80 bits per heavy atom. The normalized spacial score (nSPS) is 9.20. The van der Waals surface area contributed by atoms with Crippen LogP contribution >= 0.6 is 24.8 Å². The van der Waals surface area contributed by atoms with Crippen LogP contribution in [0.4, 0.5) is 0 Å². The third-order valence-electron chi connectivity index (χ3n) is 1.86. The van der Waals surface area contributed by atoms with Gasteiger partial charge >= 0.3 is 0 Å². The van der Waals surface area contributed by atoms with Gasteiger partial charge in [0.2, 0.25) is 0 Å². The topological polar surface area (TPSA) is 53.1 Å². The molecule has 0 aliphatic heterocycles. The number of nitrogens with two attached hydrogens (primary N) is 1. The molecule has 1 rings (SSSR count). The second-order valence-corrected chi connectivity index (χ2v) is 3.00. The molecule has 15 heavy (non-hydrogen) atoms. The number of halogens is 2. The number of nitrogens with zero attached hydrogens (tertiary/aromatic N) is 2. The Hall–Kier alpha value is -0.290. The molecule has 0 bridgehead atoms. The summed E-state index contributed by atoms with van der Waals surface area (Å²) in [6.45, 7) is 2.24. The number of rotatable bonds is 6. The molecule has 4 nitrogen and oxygen atoms in total. The van der Waals surface area contributed by atoms with Gasteiger partial charge in [-0.1, -0.05) is 0 Å². The molecule has 0 saturated heterocycles. The maximum Gasteiger partial charge on any atom is 0.0531 e. The summed E-state index contributed by atoms with van der Waals surface area (Å²) in [5.74, 6) is 0. The molecule has 90 valence electrons. The predicted molar refractivity (Wildman–Crippen MR) is 66.0 cm³/mol. The maximum absolute atomic E-state index is 5.41. The van der Waals surface area contributed by atoms with E-state index >= 15 is 0 Å². The molecule has 1 heterocycles. The van der Waals surface area contributed by atoms with Gasteiger partial charge in [-0.15, -0.1) is 24.8 Å². The van der Waals surface area contributed by atoms with Gasteiger partial charge in [0.1, 0.15) is 0 Å². The minimum absolute atomic E-state index is 0. The lowest BCUT2D eigenvalue weighted by Gasteiger charge is -1.96. The van der Waals surface area contributed by atoms with E-state index in [4.69, 9.17) is 10.5 Å². The average Bonchev–Trinajstić information content (AvgIpc) is 2.54. The van der Waals surface area contributed by atoms with Crippen LogP contribution < -0.4 is 5.73 Å². The zero-order valence-electron chi connectivity index (χ0n) is 8.89. The van der Waals surface area contributed by atoms with Gasteiger partial charge in [-0.3, -0.25) is 4.68 Å². The van der Waals surface area contributed by atoms with Gasteiger partial charge in [0.25, 0.3) is 0 Å². The van der Waals surface area contributed by atoms with Crippen molar-refractivity contribution in [3.8, 4) is 0 Å². The smallest absolute Gasteiger partial charge is 0.0531 e. The highest BCUT2D eigenvalue weighted by Crippen LogP contribution is 2.01. The fourth-order valence-corrected chi connectivity index (χ4v) is 1.21. The number of hydrogen-bond donors (Lipinski definition) is 1. The number of aromatic nitrogens is 2. The van der Waals surface area contributed by atoms with Crippen LogP contribution in [-0.2, 0) is 17.7 Å². The van der Waals surface area contributed by atoms with Crippen molar-refractivity contribution in [3.05, 3.63) is 18.0 Å². The van der Waals surface area contributed by atoms with Crippen LogP contribution in [0.25, 0.3) is 0 Å². The van der Waals surface area contributed by atoms with E-state index in [1.54, 1.807) is 7.11 Å². The second-order valence-electron chi connectivity index (χ2n) is 3.00. The molecule has 0 aromatic carbocycles. The number of ether oxygens (including phenoxy) is 1. The van der Waals surface area contributed by atoms with Crippen molar-refractivity contribution in [2.75, 3.05) is 20.3 Å². The van der Waals surface area contributed by atoms with Gasteiger partial charge in [-0.25, -0.2) is 0 Å². The van der Waals surface area contributed by atoms with Gasteiger partial charge in [0.05, 0.1) is 12.7 Å². The van der Waals surface area contributed by atoms with E-state index in [1.165, 1.54) is 5.56 Å². The van der Waals surface area contributed by atoms with Crippen molar-refractivity contribution in [2.45, 2.75) is 19.4 Å². The maximum atomic E-state index is 5.41. The van der Waals surface area contributed by atoms with Crippen LogP contribution in [0.1, 0.15) is 12.0 Å². The summed E-state index contributed by atoms with van der Waals surface area (Å²) in [6, 6.07) is 0. The first-order chi connectivity index (χ1) is 6.36. The standard InChI is InChI=1S/C9H17N3O.2ClH/c1-13-6-2-3-9-7-11-12(8-9)5-4-10;;/h7-8H,2-6,10H2,1H3;2*1H. The summed E-state index contributed by atoms with van der Waals surface area (Å²) in [6.07, 6.45) is 6.01. The molecular weight excluding hydrogens is 237 g/mol. The highest BCUT2D eigenvalue weighted by Gasteiger charge is 1.97. The highest BCUT2D eigenvalue weighted by molar-refractivity contribution is 5.85. The molecule has 6 heteroatoms. The number of aryl methyl sites for hydroxylation is 1. The Labute approximate surface area is 103 Å². The Balaban J connectivity index is 0. The Morgan fingerprint density at radius 1 is 1.47 bits per heavy atom. The lowest BCUT2D eigenvalue weighted by atomic mass is 10.2. The van der Waals surface area contributed by atoms with Gasteiger partial charge in [0, 0.05) is 26.5 Å². The summed E-state index contributed by atoms with van der Waals surface area (Å²) in [7, 11) is 1.72. The fraction of sp³-hybridized carbons (Fsp3) is 0.667. The molecule has 0 fully saturated rings. The summed E-state index contributed by atoms with van der Waals surface area (Å²) in [5, 5.41) is 4.18. The molecule has 0 spiro atoms. The molecule has 0 atom stereocenters. The third-order valence-corrected chi connectivity index (χ3v) is 1.86. The number of methoxy groups -OCH3 is 1. The van der Waals surface area contributed by atoms with E-state index in [-0.39, 0.29) is 24.8 Å². The van der Waals surface area contributed by atoms with Gasteiger partial charge in [-0.05, 0) is 18.4 Å². The third kappa shape index (κ3) is 6.73. The van der Waals surface area contributed by atoms with E-state index in [2.05, 4.69) is 5.10 Å². The zero-order chi connectivity index (χ0) is 9.52. The van der Waals surface area contributed by atoms with Crippen molar-refractivity contribution in [2.24, 2.45) is 5.73 Å². The van der Waals surface area contributed by atoms with E-state index in [0.717, 1.165) is 26.0 Å². The molecule has 1 aromatic heterocycles. The van der Waals surface area contributed by atoms with Crippen LogP contribution in [-0.4, -0.2) is 30.0 Å². The molecule has 0 aliphatic rings. The summed E-state index contributed by atoms with van der Waals surface area (Å²) in [5.41, 5.74) is 6.67. The summed E-state index contributed by atoms with van der Waals surface area (Å²) < 4.78 is 6.85. The number of hydrogen-bond acceptors (Lipinski definition) is 3. The first-order valence-corrected chi connectivity index (χ1v) is 4.57. The minimum Gasteiger partial charge on any atom is -0.385 e. The van der Waals surface area contributed by atoms with Crippen molar-refractivity contribution in [3.63, 3.8) is 0 Å². The van der Waals surface area contributed by atoms with Crippen molar-refractivity contribution < 1.29 is 4.74 Å². The molecule has 0 unspecified atom stereocenters. The van der Waals surface area contributed by atoms with E-state index in [0.29, 0.717) is 6.54 Å². The Bertz CT molecular complexity index is 243. The quantitative estimate of drug-likeness (QED) is 0.780. The van der Waals surface area contributed by atoms with Gasteiger partial charge in [0.15, 0.2) is 0 Å². The lowest BCUT2D eigenvalue weighted by molar-refractivity contribution is 0.195. The van der Waals surface area contributed by atoms with Gasteiger partial charge < -0.3 is 10.5 Å². The molecular formula is C9H19Cl2N3O. The zero-order valence-corrected chi connectivity index (χ0v) is 10.5. The summed E-state index contributed by atoms with van der Waals surface area (Å²) >= 11 is 0. The molecule has 0 saturated carbocycles. The van der Waals surface area contributed by atoms with Crippen LogP contribution in [0.2, 0.25) is 0 Å². The van der Waals surface area contributed by atoms with Crippen molar-refractivity contribution >= 4 is 24.8 Å². The first-order valence-electron chi connectivity index (χ1n) is 4.57. The van der Waals surface area contributed by atoms with E-state index in [1.807, 2.05) is 17.1 Å². The molecule has 2 N–H and O–H groups in total. The second kappa shape index (κ2) is 10.2. The van der Waals surface area contributed by atoms with Crippen LogP contribution in [0.15, 0.2) is 12.4 Å². The summed E-state index contributed by atoms with van der Waals surface area (Å²) in [4.78, 5) is 0. The Kier molecular flexibility index (Phi) is 11.7.